The first-order valence-corrected chi connectivity index (χ1v) is 11.2. The van der Waals surface area contributed by atoms with Gasteiger partial charge in [-0.3, -0.25) is 4.79 Å². The lowest BCUT2D eigenvalue weighted by molar-refractivity contribution is -0.126. The molecule has 1 amide bonds. The van der Waals surface area contributed by atoms with Crippen molar-refractivity contribution in [3.05, 3.63) is 18.2 Å². The lowest BCUT2D eigenvalue weighted by Gasteiger charge is -2.30. The van der Waals surface area contributed by atoms with E-state index in [0.29, 0.717) is 43.5 Å². The van der Waals surface area contributed by atoms with Crippen LogP contribution in [0.3, 0.4) is 0 Å². The van der Waals surface area contributed by atoms with Gasteiger partial charge in [-0.15, -0.1) is 12.4 Å². The summed E-state index contributed by atoms with van der Waals surface area (Å²) in [5.41, 5.74) is 1.01. The van der Waals surface area contributed by atoms with E-state index in [9.17, 15) is 13.2 Å². The lowest BCUT2D eigenvalue weighted by Crippen LogP contribution is -2.43. The van der Waals surface area contributed by atoms with Crippen molar-refractivity contribution in [1.82, 2.24) is 23.3 Å². The zero-order chi connectivity index (χ0) is 19.4. The summed E-state index contributed by atoms with van der Waals surface area (Å²) in [6.07, 6.45) is 1.96. The molecule has 11 heteroatoms. The highest BCUT2D eigenvalue weighted by Gasteiger charge is 2.33. The average molecular weight is 448 g/mol. The quantitative estimate of drug-likeness (QED) is 0.647. The Morgan fingerprint density at radius 1 is 1.29 bits per heavy atom. The monoisotopic (exact) mass is 447 g/mol. The minimum Gasteiger partial charge on any atom is -0.356 e. The zero-order valence-electron chi connectivity index (χ0n) is 16.0. The highest BCUT2D eigenvalue weighted by atomic mass is 35.5. The molecule has 0 unspecified atom stereocenters. The molecule has 2 aromatic rings. The van der Waals surface area contributed by atoms with Gasteiger partial charge in [-0.2, -0.15) is 13.1 Å². The number of benzene rings is 1. The van der Waals surface area contributed by atoms with E-state index in [2.05, 4.69) is 19.0 Å². The fourth-order valence-corrected chi connectivity index (χ4v) is 5.46. The number of fused-ring (bicyclic) bond motifs is 1. The van der Waals surface area contributed by atoms with Crippen molar-refractivity contribution in [2.45, 2.75) is 24.2 Å². The number of hydrogen-bond acceptors (Lipinski definition) is 7. The first-order chi connectivity index (χ1) is 12.9. The number of piperidine rings is 1. The number of carbonyl (C=O) groups excluding carboxylic acids is 1. The highest BCUT2D eigenvalue weighted by Crippen LogP contribution is 2.28. The number of carbonyl (C=O) groups is 1. The second-order valence-corrected chi connectivity index (χ2v) is 9.45. The maximum Gasteiger partial charge on any atom is 0.245 e. The van der Waals surface area contributed by atoms with Crippen molar-refractivity contribution in [2.24, 2.45) is 5.92 Å². The average Bonchev–Trinajstić information content (AvgIpc) is 3.13. The van der Waals surface area contributed by atoms with E-state index in [0.717, 1.165) is 24.7 Å². The summed E-state index contributed by atoms with van der Waals surface area (Å²) in [7, 11) is 0.363. The molecule has 156 valence electrons. The molecule has 0 aliphatic carbocycles. The van der Waals surface area contributed by atoms with E-state index in [1.165, 1.54) is 4.31 Å². The lowest BCUT2D eigenvalue weighted by atomic mass is 9.97. The number of halogens is 1. The Morgan fingerprint density at radius 2 is 2.00 bits per heavy atom. The summed E-state index contributed by atoms with van der Waals surface area (Å²) in [5, 5.41) is 2.96. The van der Waals surface area contributed by atoms with Gasteiger partial charge in [0.05, 0.1) is 11.7 Å². The molecule has 1 aliphatic heterocycles. The van der Waals surface area contributed by atoms with Crippen molar-refractivity contribution >= 4 is 51.1 Å². The van der Waals surface area contributed by atoms with Gasteiger partial charge in [-0.25, -0.2) is 8.42 Å². The van der Waals surface area contributed by atoms with Crippen molar-refractivity contribution in [3.8, 4) is 0 Å². The van der Waals surface area contributed by atoms with Crippen LogP contribution in [-0.2, 0) is 14.8 Å². The van der Waals surface area contributed by atoms with Crippen molar-refractivity contribution in [3.63, 3.8) is 0 Å². The normalized spacial score (nSPS) is 16.2. The van der Waals surface area contributed by atoms with Gasteiger partial charge in [0.25, 0.3) is 0 Å². The predicted molar refractivity (Wildman–Crippen MR) is 112 cm³/mol. The van der Waals surface area contributed by atoms with Crippen LogP contribution in [0.1, 0.15) is 19.3 Å². The summed E-state index contributed by atoms with van der Waals surface area (Å²) < 4.78 is 35.7. The van der Waals surface area contributed by atoms with E-state index >= 15 is 0 Å². The fourth-order valence-electron chi connectivity index (χ4n) is 3.24. The third-order valence-electron chi connectivity index (χ3n) is 4.77. The molecule has 1 saturated heterocycles. The van der Waals surface area contributed by atoms with E-state index in [1.54, 1.807) is 18.2 Å². The summed E-state index contributed by atoms with van der Waals surface area (Å²) in [4.78, 5) is 14.6. The topological polar surface area (TPSA) is 95.5 Å². The largest absolute Gasteiger partial charge is 0.356 e. The minimum absolute atomic E-state index is 0. The van der Waals surface area contributed by atoms with Crippen LogP contribution in [0.2, 0.25) is 0 Å². The molecule has 2 heterocycles. The van der Waals surface area contributed by atoms with Gasteiger partial charge in [0.1, 0.15) is 15.9 Å². The maximum absolute atomic E-state index is 13.0. The van der Waals surface area contributed by atoms with Crippen LogP contribution in [0.25, 0.3) is 11.0 Å². The first kappa shape index (κ1) is 23.0. The van der Waals surface area contributed by atoms with Crippen molar-refractivity contribution < 1.29 is 13.2 Å². The molecule has 0 atom stereocenters. The van der Waals surface area contributed by atoms with E-state index in [1.807, 2.05) is 14.1 Å². The Bertz CT molecular complexity index is 895. The van der Waals surface area contributed by atoms with Gasteiger partial charge in [0, 0.05) is 25.6 Å². The standard InChI is InChI=1S/C17H25N5O3S2.ClH/c1-21(2)10-4-9-18-17(23)13-7-11-22(12-8-13)27(24,25)15-6-3-5-14-16(15)20-26-19-14;/h3,5-6,13H,4,7-12H2,1-2H3,(H,18,23);1H. The Hall–Kier alpha value is -1.33. The summed E-state index contributed by atoms with van der Waals surface area (Å²) in [6.45, 7) is 2.25. The van der Waals surface area contributed by atoms with E-state index < -0.39 is 10.0 Å². The van der Waals surface area contributed by atoms with Gasteiger partial charge >= 0.3 is 0 Å². The molecule has 3 rings (SSSR count). The second-order valence-electron chi connectivity index (χ2n) is 7.01. The molecule has 28 heavy (non-hydrogen) atoms. The Labute approximate surface area is 176 Å². The summed E-state index contributed by atoms with van der Waals surface area (Å²) in [5.74, 6) is -0.107. The minimum atomic E-state index is -3.64. The highest BCUT2D eigenvalue weighted by molar-refractivity contribution is 7.89. The smallest absolute Gasteiger partial charge is 0.245 e. The van der Waals surface area contributed by atoms with Gasteiger partial charge in [-0.05, 0) is 52.0 Å². The molecular weight excluding hydrogens is 422 g/mol. The van der Waals surface area contributed by atoms with Gasteiger partial charge < -0.3 is 10.2 Å². The SMILES string of the molecule is CN(C)CCCNC(=O)C1CCN(S(=O)(=O)c2cccc3nsnc23)CC1.Cl. The molecular formula is C17H26ClN5O3S2. The van der Waals surface area contributed by atoms with Gasteiger partial charge in [-0.1, -0.05) is 6.07 Å². The molecule has 1 aliphatic rings. The second kappa shape index (κ2) is 9.93. The van der Waals surface area contributed by atoms with Crippen LogP contribution in [0.4, 0.5) is 0 Å². The number of rotatable bonds is 7. The molecule has 0 spiro atoms. The molecule has 0 saturated carbocycles. The third kappa shape index (κ3) is 5.18. The molecule has 1 N–H and O–H groups in total. The Morgan fingerprint density at radius 3 is 2.68 bits per heavy atom. The van der Waals surface area contributed by atoms with Crippen LogP contribution < -0.4 is 5.32 Å². The molecule has 1 aromatic heterocycles. The molecule has 8 nitrogen and oxygen atoms in total. The molecule has 1 aromatic carbocycles. The van der Waals surface area contributed by atoms with E-state index in [-0.39, 0.29) is 29.1 Å². The van der Waals surface area contributed by atoms with Crippen LogP contribution in [-0.4, -0.2) is 72.6 Å². The number of nitrogens with zero attached hydrogens (tertiary/aromatic N) is 4. The zero-order valence-corrected chi connectivity index (χ0v) is 18.4. The number of sulfonamides is 1. The fraction of sp³-hybridized carbons (Fsp3) is 0.588. The predicted octanol–water partition coefficient (Wildman–Crippen LogP) is 1.58. The Balaban J connectivity index is 0.00000280. The first-order valence-electron chi connectivity index (χ1n) is 9.03. The number of amides is 1. The number of aromatic nitrogens is 2. The van der Waals surface area contributed by atoms with Crippen LogP contribution in [0.5, 0.6) is 0 Å². The van der Waals surface area contributed by atoms with Crippen LogP contribution >= 0.6 is 24.1 Å². The van der Waals surface area contributed by atoms with Crippen LogP contribution in [0, 0.1) is 5.92 Å². The molecule has 0 radical (unpaired) electrons. The van der Waals surface area contributed by atoms with Gasteiger partial charge in [0.15, 0.2) is 0 Å². The number of hydrogen-bond donors (Lipinski definition) is 1. The molecule has 1 fully saturated rings. The van der Waals surface area contributed by atoms with Crippen LogP contribution in [0.15, 0.2) is 23.1 Å². The number of nitrogens with one attached hydrogen (secondary N) is 1. The maximum atomic E-state index is 13.0. The van der Waals surface area contributed by atoms with E-state index in [4.69, 9.17) is 0 Å². The molecule has 0 bridgehead atoms. The van der Waals surface area contributed by atoms with Crippen molar-refractivity contribution in [1.29, 1.82) is 0 Å². The summed E-state index contributed by atoms with van der Waals surface area (Å²) >= 11 is 1.01. The van der Waals surface area contributed by atoms with Crippen molar-refractivity contribution in [2.75, 3.05) is 40.3 Å². The third-order valence-corrected chi connectivity index (χ3v) is 7.25. The Kier molecular flexibility index (Phi) is 8.14. The van der Waals surface area contributed by atoms with Gasteiger partial charge in [0.2, 0.25) is 15.9 Å². The summed E-state index contributed by atoms with van der Waals surface area (Å²) in [6, 6.07) is 5.01.